The summed E-state index contributed by atoms with van der Waals surface area (Å²) in [5, 5.41) is 8.83. The molecule has 3 atom stereocenters. The third-order valence-corrected chi connectivity index (χ3v) is 4.05. The Balaban J connectivity index is 1.98. The number of anilines is 1. The summed E-state index contributed by atoms with van der Waals surface area (Å²) < 4.78 is 0. The Morgan fingerprint density at radius 3 is 2.47 bits per heavy atom. The van der Waals surface area contributed by atoms with E-state index >= 15 is 0 Å². The first-order chi connectivity index (χ1) is 9.09. The molecule has 1 aromatic carbocycles. The monoisotopic (exact) mass is 277 g/mol. The number of hydrogen-bond acceptors (Lipinski definition) is 3. The molecule has 0 spiro atoms. The number of aromatic hydroxyl groups is 1. The smallest absolute Gasteiger partial charge is 0.239 e. The lowest BCUT2D eigenvalue weighted by molar-refractivity contribution is -0.122. The summed E-state index contributed by atoms with van der Waals surface area (Å²) in [5.41, 5.74) is 0.478. The van der Waals surface area contributed by atoms with Crippen LogP contribution in [0.3, 0.4) is 0 Å². The van der Waals surface area contributed by atoms with Gasteiger partial charge in [-0.1, -0.05) is 12.2 Å². The molecule has 19 heavy (non-hydrogen) atoms. The number of nitrogens with zero attached hydrogens (tertiary/aromatic N) is 1. The van der Waals surface area contributed by atoms with E-state index in [0.29, 0.717) is 12.1 Å². The van der Waals surface area contributed by atoms with Crippen molar-refractivity contribution in [1.82, 2.24) is 0 Å². The van der Waals surface area contributed by atoms with Crippen LogP contribution < -0.4 is 4.90 Å². The van der Waals surface area contributed by atoms with Crippen molar-refractivity contribution < 1.29 is 14.7 Å². The van der Waals surface area contributed by atoms with Crippen molar-refractivity contribution in [2.75, 3.05) is 4.90 Å². The molecule has 0 aromatic heterocycles. The Morgan fingerprint density at radius 1 is 1.16 bits per heavy atom. The van der Waals surface area contributed by atoms with E-state index in [1.165, 1.54) is 17.0 Å². The Hall–Kier alpha value is -1.81. The molecule has 0 saturated carbocycles. The predicted molar refractivity (Wildman–Crippen MR) is 71.0 cm³/mol. The van der Waals surface area contributed by atoms with E-state index in [4.69, 9.17) is 11.6 Å². The first kappa shape index (κ1) is 12.2. The number of benzene rings is 1. The van der Waals surface area contributed by atoms with Crippen molar-refractivity contribution >= 4 is 29.1 Å². The zero-order chi connectivity index (χ0) is 13.6. The van der Waals surface area contributed by atoms with Crippen LogP contribution in [0, 0.1) is 11.8 Å². The van der Waals surface area contributed by atoms with Gasteiger partial charge in [0.25, 0.3) is 0 Å². The van der Waals surface area contributed by atoms with Crippen molar-refractivity contribution in [2.24, 2.45) is 11.8 Å². The van der Waals surface area contributed by atoms with Gasteiger partial charge in [-0.05, 0) is 30.7 Å². The number of allylic oxidation sites excluding steroid dienone is 2. The minimum Gasteiger partial charge on any atom is -0.508 e. The van der Waals surface area contributed by atoms with Crippen molar-refractivity contribution in [3.8, 4) is 5.75 Å². The summed E-state index contributed by atoms with van der Waals surface area (Å²) in [6.45, 7) is 0. The van der Waals surface area contributed by atoms with Gasteiger partial charge in [0.1, 0.15) is 5.75 Å². The normalized spacial score (nSPS) is 29.7. The lowest BCUT2D eigenvalue weighted by atomic mass is 9.85. The third kappa shape index (κ3) is 1.83. The van der Waals surface area contributed by atoms with E-state index in [1.54, 1.807) is 18.2 Å². The molecule has 1 heterocycles. The van der Waals surface area contributed by atoms with Gasteiger partial charge in [-0.15, -0.1) is 11.6 Å². The Labute approximate surface area is 115 Å². The van der Waals surface area contributed by atoms with Crippen LogP contribution in [0.4, 0.5) is 5.69 Å². The fourth-order valence-corrected chi connectivity index (χ4v) is 3.07. The van der Waals surface area contributed by atoms with Crippen LogP contribution in [-0.2, 0) is 9.59 Å². The van der Waals surface area contributed by atoms with Crippen molar-refractivity contribution in [3.63, 3.8) is 0 Å². The molecule has 0 bridgehead atoms. The highest BCUT2D eigenvalue weighted by atomic mass is 35.5. The molecule has 2 aliphatic rings. The number of phenolic OH excluding ortho intramolecular Hbond substituents is 1. The molecule has 4 nitrogen and oxygen atoms in total. The lowest BCUT2D eigenvalue weighted by Gasteiger charge is -2.20. The summed E-state index contributed by atoms with van der Waals surface area (Å²) in [5.74, 6) is -1.22. The van der Waals surface area contributed by atoms with Gasteiger partial charge in [-0.2, -0.15) is 0 Å². The molecular weight excluding hydrogens is 266 g/mol. The standard InChI is InChI=1S/C14H12ClNO3/c15-11-3-1-2-10-12(11)14(19)16(13(10)18)8-4-6-9(17)7-5-8/h1,3-7,10-12,17H,2H2/t10-,11-,12+/m1/s1. The van der Waals surface area contributed by atoms with Crippen LogP contribution in [0.15, 0.2) is 36.4 Å². The molecule has 1 saturated heterocycles. The van der Waals surface area contributed by atoms with Gasteiger partial charge >= 0.3 is 0 Å². The molecule has 1 aromatic rings. The van der Waals surface area contributed by atoms with Gasteiger partial charge in [0.05, 0.1) is 22.9 Å². The van der Waals surface area contributed by atoms with Gasteiger partial charge in [0.2, 0.25) is 11.8 Å². The summed E-state index contributed by atoms with van der Waals surface area (Å²) in [6.07, 6.45) is 4.17. The second kappa shape index (κ2) is 4.38. The Morgan fingerprint density at radius 2 is 1.84 bits per heavy atom. The number of imide groups is 1. The maximum absolute atomic E-state index is 12.4. The zero-order valence-electron chi connectivity index (χ0n) is 9.99. The summed E-state index contributed by atoms with van der Waals surface area (Å²) in [6, 6.07) is 6.01. The van der Waals surface area contributed by atoms with E-state index in [9.17, 15) is 14.7 Å². The van der Waals surface area contributed by atoms with E-state index in [0.717, 1.165) is 0 Å². The summed E-state index contributed by atoms with van der Waals surface area (Å²) in [7, 11) is 0. The highest BCUT2D eigenvalue weighted by Crippen LogP contribution is 2.39. The number of hydrogen-bond donors (Lipinski definition) is 1. The van der Waals surface area contributed by atoms with Crippen LogP contribution in [-0.4, -0.2) is 22.3 Å². The fourth-order valence-electron chi connectivity index (χ4n) is 2.69. The number of amides is 2. The van der Waals surface area contributed by atoms with Crippen LogP contribution in [0.5, 0.6) is 5.75 Å². The van der Waals surface area contributed by atoms with Crippen LogP contribution in [0.1, 0.15) is 6.42 Å². The number of fused-ring (bicyclic) bond motifs is 1. The molecule has 0 unspecified atom stereocenters. The highest BCUT2D eigenvalue weighted by molar-refractivity contribution is 6.29. The quantitative estimate of drug-likeness (QED) is 0.486. The van der Waals surface area contributed by atoms with E-state index in [1.807, 2.05) is 6.08 Å². The number of halogens is 1. The second-order valence-electron chi connectivity index (χ2n) is 4.77. The molecule has 5 heteroatoms. The van der Waals surface area contributed by atoms with Gasteiger partial charge in [0, 0.05) is 0 Å². The molecule has 1 N–H and O–H groups in total. The number of alkyl halides is 1. The number of carbonyl (C=O) groups excluding carboxylic acids is 2. The molecular formula is C14H12ClNO3. The minimum atomic E-state index is -0.479. The molecule has 98 valence electrons. The Bertz CT molecular complexity index is 567. The van der Waals surface area contributed by atoms with E-state index in [2.05, 4.69) is 0 Å². The molecule has 0 radical (unpaired) electrons. The van der Waals surface area contributed by atoms with E-state index in [-0.39, 0.29) is 23.5 Å². The third-order valence-electron chi connectivity index (χ3n) is 3.64. The number of phenols is 1. The average molecular weight is 278 g/mol. The molecule has 1 aliphatic carbocycles. The van der Waals surface area contributed by atoms with Gasteiger partial charge in [-0.3, -0.25) is 9.59 Å². The van der Waals surface area contributed by atoms with Gasteiger partial charge in [-0.25, -0.2) is 4.90 Å². The first-order valence-corrected chi connectivity index (χ1v) is 6.51. The predicted octanol–water partition coefficient (Wildman–Crippen LogP) is 2.07. The fraction of sp³-hybridized carbons (Fsp3) is 0.286. The van der Waals surface area contributed by atoms with Gasteiger partial charge < -0.3 is 5.11 Å². The molecule has 1 fully saturated rings. The van der Waals surface area contributed by atoms with Crippen LogP contribution in [0.25, 0.3) is 0 Å². The zero-order valence-corrected chi connectivity index (χ0v) is 10.7. The lowest BCUT2D eigenvalue weighted by Crippen LogP contribution is -2.32. The summed E-state index contributed by atoms with van der Waals surface area (Å²) >= 11 is 6.13. The van der Waals surface area contributed by atoms with Crippen molar-refractivity contribution in [3.05, 3.63) is 36.4 Å². The second-order valence-corrected chi connectivity index (χ2v) is 5.27. The molecule has 1 aliphatic heterocycles. The molecule has 2 amide bonds. The van der Waals surface area contributed by atoms with Crippen LogP contribution in [0.2, 0.25) is 0 Å². The number of rotatable bonds is 1. The first-order valence-electron chi connectivity index (χ1n) is 6.07. The minimum absolute atomic E-state index is 0.0946. The van der Waals surface area contributed by atoms with Crippen molar-refractivity contribution in [2.45, 2.75) is 11.8 Å². The Kier molecular flexibility index (Phi) is 2.82. The largest absolute Gasteiger partial charge is 0.508 e. The van der Waals surface area contributed by atoms with Crippen LogP contribution >= 0.6 is 11.6 Å². The molecule has 3 rings (SSSR count). The van der Waals surface area contributed by atoms with Crippen molar-refractivity contribution in [1.29, 1.82) is 0 Å². The SMILES string of the molecule is O=C1[C@@H]2[C@H](Cl)C=CC[C@H]2C(=O)N1c1ccc(O)cc1. The van der Waals surface area contributed by atoms with Gasteiger partial charge in [0.15, 0.2) is 0 Å². The summed E-state index contributed by atoms with van der Waals surface area (Å²) in [4.78, 5) is 25.9. The average Bonchev–Trinajstić information content (AvgIpc) is 2.65. The number of carbonyl (C=O) groups is 2. The maximum Gasteiger partial charge on any atom is 0.239 e. The topological polar surface area (TPSA) is 57.6 Å². The maximum atomic E-state index is 12.4. The van der Waals surface area contributed by atoms with E-state index < -0.39 is 11.3 Å². The highest BCUT2D eigenvalue weighted by Gasteiger charge is 2.51.